The minimum Gasteiger partial charge on any atom is -0.382 e. The number of nitrogens with zero attached hydrogens (tertiary/aromatic N) is 2. The van der Waals surface area contributed by atoms with Crippen LogP contribution in [0, 0.1) is 0 Å². The summed E-state index contributed by atoms with van der Waals surface area (Å²) in [5, 5.41) is 6.63. The van der Waals surface area contributed by atoms with Gasteiger partial charge in [0.1, 0.15) is 0 Å². The van der Waals surface area contributed by atoms with Crippen LogP contribution in [0.4, 0.5) is 0 Å². The maximum absolute atomic E-state index is 11.9. The van der Waals surface area contributed by atoms with Crippen molar-refractivity contribution >= 4 is 35.8 Å². The normalized spacial score (nSPS) is 15.5. The third-order valence-corrected chi connectivity index (χ3v) is 4.08. The molecular weight excluding hydrogens is 431 g/mol. The lowest BCUT2D eigenvalue weighted by atomic mass is 10.2. The fraction of sp³-hybridized carbons (Fsp3) is 0.889. The molecule has 0 unspecified atom stereocenters. The van der Waals surface area contributed by atoms with Gasteiger partial charge < -0.3 is 20.3 Å². The maximum Gasteiger partial charge on any atom is 0.222 e. The van der Waals surface area contributed by atoms with Crippen LogP contribution in [0.25, 0.3) is 0 Å². The van der Waals surface area contributed by atoms with Gasteiger partial charge in [-0.1, -0.05) is 6.42 Å². The van der Waals surface area contributed by atoms with Gasteiger partial charge in [0.25, 0.3) is 0 Å². The van der Waals surface area contributed by atoms with Gasteiger partial charge in [-0.25, -0.2) is 0 Å². The second-order valence-corrected chi connectivity index (χ2v) is 6.14. The first-order chi connectivity index (χ1) is 11.8. The van der Waals surface area contributed by atoms with Crippen LogP contribution < -0.4 is 10.6 Å². The van der Waals surface area contributed by atoms with Crippen molar-refractivity contribution in [2.24, 2.45) is 4.99 Å². The summed E-state index contributed by atoms with van der Waals surface area (Å²) in [4.78, 5) is 18.6. The van der Waals surface area contributed by atoms with Crippen molar-refractivity contribution < 1.29 is 9.53 Å². The number of rotatable bonds is 11. The summed E-state index contributed by atoms with van der Waals surface area (Å²) < 4.78 is 5.34. The zero-order valence-electron chi connectivity index (χ0n) is 16.0. The quantitative estimate of drug-likeness (QED) is 0.212. The Bertz CT molecular complexity index is 367. The fourth-order valence-electron chi connectivity index (χ4n) is 2.75. The molecule has 6 nitrogen and oxygen atoms in total. The van der Waals surface area contributed by atoms with Gasteiger partial charge in [0.15, 0.2) is 5.96 Å². The van der Waals surface area contributed by atoms with E-state index in [0.717, 1.165) is 90.4 Å². The molecule has 2 N–H and O–H groups in total. The summed E-state index contributed by atoms with van der Waals surface area (Å²) in [7, 11) is 0. The highest BCUT2D eigenvalue weighted by Crippen LogP contribution is 2.11. The number of carbonyl (C=O) groups excluding carboxylic acids is 1. The molecule has 0 aromatic carbocycles. The lowest BCUT2D eigenvalue weighted by molar-refractivity contribution is -0.130. The lowest BCUT2D eigenvalue weighted by Gasteiger charge is -2.20. The Hall–Kier alpha value is -0.570. The van der Waals surface area contributed by atoms with Gasteiger partial charge in [-0.15, -0.1) is 24.0 Å². The topological polar surface area (TPSA) is 66.0 Å². The molecule has 0 saturated carbocycles. The lowest BCUT2D eigenvalue weighted by Crippen LogP contribution is -2.38. The Morgan fingerprint density at radius 2 is 2.00 bits per heavy atom. The molecular formula is C18H37IN4O2. The van der Waals surface area contributed by atoms with Gasteiger partial charge >= 0.3 is 0 Å². The molecule has 1 saturated heterocycles. The van der Waals surface area contributed by atoms with Crippen molar-refractivity contribution in [1.29, 1.82) is 0 Å². The van der Waals surface area contributed by atoms with Crippen LogP contribution in [0.15, 0.2) is 4.99 Å². The van der Waals surface area contributed by atoms with Gasteiger partial charge in [0.2, 0.25) is 5.91 Å². The third kappa shape index (κ3) is 12.4. The number of likely N-dealkylation sites (tertiary alicyclic amines) is 1. The highest BCUT2D eigenvalue weighted by atomic mass is 127. The molecule has 0 aliphatic carbocycles. The molecule has 0 aromatic rings. The van der Waals surface area contributed by atoms with E-state index in [1.54, 1.807) is 0 Å². The zero-order chi connectivity index (χ0) is 17.5. The highest BCUT2D eigenvalue weighted by Gasteiger charge is 2.15. The summed E-state index contributed by atoms with van der Waals surface area (Å²) in [5.41, 5.74) is 0. The van der Waals surface area contributed by atoms with E-state index in [1.165, 1.54) is 6.42 Å². The first-order valence-electron chi connectivity index (χ1n) is 9.65. The number of unbranched alkanes of at least 4 members (excludes halogenated alkanes) is 1. The number of aliphatic imine (C=N–C) groups is 1. The number of guanidine groups is 1. The van der Waals surface area contributed by atoms with Crippen LogP contribution in [0.2, 0.25) is 0 Å². The van der Waals surface area contributed by atoms with Crippen molar-refractivity contribution in [3.05, 3.63) is 0 Å². The number of nitrogens with one attached hydrogen (secondary N) is 2. The van der Waals surface area contributed by atoms with Gasteiger partial charge in [0, 0.05) is 52.4 Å². The number of hydrogen-bond acceptors (Lipinski definition) is 3. The molecule has 0 bridgehead atoms. The van der Waals surface area contributed by atoms with Gasteiger partial charge in [-0.3, -0.25) is 9.79 Å². The van der Waals surface area contributed by atoms with E-state index in [0.29, 0.717) is 5.91 Å². The SMILES string of the molecule is CCNC(=NCCCN1CCCCCC1=O)NCCCCOCC.I. The van der Waals surface area contributed by atoms with E-state index < -0.39 is 0 Å². The Morgan fingerprint density at radius 3 is 2.76 bits per heavy atom. The molecule has 1 fully saturated rings. The van der Waals surface area contributed by atoms with Gasteiger partial charge in [0.05, 0.1) is 0 Å². The van der Waals surface area contributed by atoms with Crippen LogP contribution >= 0.6 is 24.0 Å². The van der Waals surface area contributed by atoms with E-state index >= 15 is 0 Å². The molecule has 7 heteroatoms. The molecule has 0 radical (unpaired) electrons. The van der Waals surface area contributed by atoms with Crippen molar-refractivity contribution in [3.63, 3.8) is 0 Å². The number of carbonyl (C=O) groups is 1. The molecule has 1 heterocycles. The minimum atomic E-state index is 0. The van der Waals surface area contributed by atoms with E-state index in [2.05, 4.69) is 22.5 Å². The predicted molar refractivity (Wildman–Crippen MR) is 115 cm³/mol. The molecule has 1 aliphatic heterocycles. The average Bonchev–Trinajstić information content (AvgIpc) is 2.79. The highest BCUT2D eigenvalue weighted by molar-refractivity contribution is 14.0. The fourth-order valence-corrected chi connectivity index (χ4v) is 2.75. The molecule has 1 rings (SSSR count). The molecule has 0 aromatic heterocycles. The summed E-state index contributed by atoms with van der Waals surface area (Å²) >= 11 is 0. The number of halogens is 1. The molecule has 0 spiro atoms. The largest absolute Gasteiger partial charge is 0.382 e. The predicted octanol–water partition coefficient (Wildman–Crippen LogP) is 2.77. The van der Waals surface area contributed by atoms with Crippen LogP contribution in [-0.2, 0) is 9.53 Å². The number of hydrogen-bond donors (Lipinski definition) is 2. The Morgan fingerprint density at radius 1 is 1.16 bits per heavy atom. The van der Waals surface area contributed by atoms with Gasteiger partial charge in [-0.05, 0) is 46.0 Å². The first-order valence-corrected chi connectivity index (χ1v) is 9.65. The summed E-state index contributed by atoms with van der Waals surface area (Å²) in [6, 6.07) is 0. The van der Waals surface area contributed by atoms with Crippen LogP contribution in [0.3, 0.4) is 0 Å². The molecule has 148 valence electrons. The Labute approximate surface area is 170 Å². The summed E-state index contributed by atoms with van der Waals surface area (Å²) in [6.45, 7) is 9.97. The van der Waals surface area contributed by atoms with E-state index in [4.69, 9.17) is 4.74 Å². The molecule has 1 aliphatic rings. The Balaban J connectivity index is 0.00000576. The van der Waals surface area contributed by atoms with Gasteiger partial charge in [-0.2, -0.15) is 0 Å². The smallest absolute Gasteiger partial charge is 0.222 e. The summed E-state index contributed by atoms with van der Waals surface area (Å²) in [6.07, 6.45) is 7.15. The molecule has 0 atom stereocenters. The minimum absolute atomic E-state index is 0. The second kappa shape index (κ2) is 16.9. The van der Waals surface area contributed by atoms with Crippen molar-refractivity contribution in [3.8, 4) is 0 Å². The van der Waals surface area contributed by atoms with Crippen molar-refractivity contribution in [2.45, 2.75) is 58.8 Å². The van der Waals surface area contributed by atoms with E-state index in [9.17, 15) is 4.79 Å². The van der Waals surface area contributed by atoms with Crippen LogP contribution in [-0.4, -0.2) is 62.7 Å². The van der Waals surface area contributed by atoms with E-state index in [-0.39, 0.29) is 24.0 Å². The molecule has 25 heavy (non-hydrogen) atoms. The third-order valence-electron chi connectivity index (χ3n) is 4.08. The zero-order valence-corrected chi connectivity index (χ0v) is 18.3. The first kappa shape index (κ1) is 24.4. The standard InChI is InChI=1S/C18H36N4O2.HI/c1-3-19-18(20-12-7-9-16-24-4-2)21-13-10-15-22-14-8-5-6-11-17(22)23;/h3-16H2,1-2H3,(H2,19,20,21);1H. The molecule has 1 amide bonds. The van der Waals surface area contributed by atoms with Crippen LogP contribution in [0.1, 0.15) is 58.8 Å². The maximum atomic E-state index is 11.9. The van der Waals surface area contributed by atoms with E-state index in [1.807, 2.05) is 11.8 Å². The summed E-state index contributed by atoms with van der Waals surface area (Å²) in [5.74, 6) is 1.19. The van der Waals surface area contributed by atoms with Crippen molar-refractivity contribution in [2.75, 3.05) is 45.9 Å². The average molecular weight is 468 g/mol. The second-order valence-electron chi connectivity index (χ2n) is 6.14. The van der Waals surface area contributed by atoms with Crippen LogP contribution in [0.5, 0.6) is 0 Å². The monoisotopic (exact) mass is 468 g/mol. The number of amides is 1. The number of ether oxygens (including phenoxy) is 1. The van der Waals surface area contributed by atoms with Crippen molar-refractivity contribution in [1.82, 2.24) is 15.5 Å². The Kier molecular flexibility index (Phi) is 16.5.